The van der Waals surface area contributed by atoms with Gasteiger partial charge in [0.1, 0.15) is 0 Å². The van der Waals surface area contributed by atoms with Crippen LogP contribution in [0.5, 0.6) is 0 Å². The number of aryl methyl sites for hydroxylation is 2. The molecule has 0 radical (unpaired) electrons. The second-order valence-electron chi connectivity index (χ2n) is 7.47. The highest BCUT2D eigenvalue weighted by Gasteiger charge is 2.18. The second-order valence-corrected chi connectivity index (χ2v) is 7.47. The minimum absolute atomic E-state index is 1.30. The molecule has 0 aliphatic heterocycles. The summed E-state index contributed by atoms with van der Waals surface area (Å²) in [5.74, 6) is 0. The summed E-state index contributed by atoms with van der Waals surface area (Å²) in [5, 5.41) is 5.25. The fraction of sp³-hybridized carbons (Fsp3) is 0.0714. The Hall–Kier alpha value is -3.38. The van der Waals surface area contributed by atoms with Crippen LogP contribution in [0.1, 0.15) is 11.1 Å². The lowest BCUT2D eigenvalue weighted by molar-refractivity contribution is 1.45. The number of fused-ring (bicyclic) bond motifs is 3. The molecule has 0 atom stereocenters. The second kappa shape index (κ2) is 6.65. The van der Waals surface area contributed by atoms with E-state index in [0.29, 0.717) is 0 Å². The van der Waals surface area contributed by atoms with Gasteiger partial charge in [-0.1, -0.05) is 97.1 Å². The third-order valence-electron chi connectivity index (χ3n) is 5.76. The Labute approximate surface area is 166 Å². The Kier molecular flexibility index (Phi) is 3.98. The number of hydrogen-bond donors (Lipinski definition) is 0. The van der Waals surface area contributed by atoms with Crippen LogP contribution in [0.3, 0.4) is 0 Å². The molecule has 0 aromatic heterocycles. The third kappa shape index (κ3) is 2.53. The molecule has 0 heteroatoms. The van der Waals surface area contributed by atoms with Crippen LogP contribution in [0.2, 0.25) is 0 Å². The molecule has 0 unspecified atom stereocenters. The van der Waals surface area contributed by atoms with Gasteiger partial charge in [0.25, 0.3) is 0 Å². The lowest BCUT2D eigenvalue weighted by atomic mass is 9.83. The van der Waals surface area contributed by atoms with Crippen LogP contribution in [0.15, 0.2) is 97.1 Å². The molecule has 28 heavy (non-hydrogen) atoms. The molecule has 134 valence electrons. The molecular weight excluding hydrogens is 336 g/mol. The van der Waals surface area contributed by atoms with E-state index < -0.39 is 0 Å². The van der Waals surface area contributed by atoms with Crippen molar-refractivity contribution < 1.29 is 0 Å². The Morgan fingerprint density at radius 2 is 0.679 bits per heavy atom. The minimum atomic E-state index is 1.30. The SMILES string of the molecule is Cc1ccccc1-c1c(-c2ccccc2C)c2ccccc2c2ccccc12. The van der Waals surface area contributed by atoms with E-state index in [1.165, 1.54) is 54.9 Å². The highest BCUT2D eigenvalue weighted by molar-refractivity contribution is 6.21. The number of benzene rings is 5. The third-order valence-corrected chi connectivity index (χ3v) is 5.76. The molecule has 0 aliphatic carbocycles. The van der Waals surface area contributed by atoms with Gasteiger partial charge in [0.2, 0.25) is 0 Å². The summed E-state index contributed by atoms with van der Waals surface area (Å²) in [6, 6.07) is 35.1. The Morgan fingerprint density at radius 1 is 0.357 bits per heavy atom. The van der Waals surface area contributed by atoms with Crippen molar-refractivity contribution in [2.45, 2.75) is 13.8 Å². The average Bonchev–Trinajstić information content (AvgIpc) is 2.74. The molecule has 0 N–H and O–H groups in total. The van der Waals surface area contributed by atoms with Crippen molar-refractivity contribution >= 4 is 21.5 Å². The Morgan fingerprint density at radius 3 is 1.07 bits per heavy atom. The summed E-state index contributed by atoms with van der Waals surface area (Å²) in [7, 11) is 0. The van der Waals surface area contributed by atoms with Crippen LogP contribution in [0.4, 0.5) is 0 Å². The topological polar surface area (TPSA) is 0 Å². The maximum absolute atomic E-state index is 2.27. The zero-order chi connectivity index (χ0) is 19.1. The highest BCUT2D eigenvalue weighted by atomic mass is 14.2. The lowest BCUT2D eigenvalue weighted by Crippen LogP contribution is -1.94. The van der Waals surface area contributed by atoms with Gasteiger partial charge in [-0.05, 0) is 68.8 Å². The van der Waals surface area contributed by atoms with Crippen LogP contribution < -0.4 is 0 Å². The molecule has 0 nitrogen and oxygen atoms in total. The summed E-state index contributed by atoms with van der Waals surface area (Å²) < 4.78 is 0. The fourth-order valence-electron chi connectivity index (χ4n) is 4.41. The van der Waals surface area contributed by atoms with Crippen molar-refractivity contribution in [3.8, 4) is 22.3 Å². The Bertz CT molecular complexity index is 1220. The number of rotatable bonds is 2. The standard InChI is InChI=1S/C28H22/c1-19-11-3-5-13-21(19)27-25-17-9-7-15-23(25)24-16-8-10-18-26(24)28(27)22-14-6-4-12-20(22)2/h3-18H,1-2H3. The van der Waals surface area contributed by atoms with E-state index in [9.17, 15) is 0 Å². The molecule has 0 bridgehead atoms. The van der Waals surface area contributed by atoms with Gasteiger partial charge in [0, 0.05) is 0 Å². The monoisotopic (exact) mass is 358 g/mol. The zero-order valence-electron chi connectivity index (χ0n) is 16.2. The molecule has 0 fully saturated rings. The molecule has 5 rings (SSSR count). The molecule has 5 aromatic rings. The van der Waals surface area contributed by atoms with Crippen molar-refractivity contribution in [1.82, 2.24) is 0 Å². The van der Waals surface area contributed by atoms with E-state index in [0.717, 1.165) is 0 Å². The zero-order valence-corrected chi connectivity index (χ0v) is 16.2. The van der Waals surface area contributed by atoms with Crippen molar-refractivity contribution in [2.24, 2.45) is 0 Å². The normalized spacial score (nSPS) is 11.2. The molecule has 0 aliphatic rings. The van der Waals surface area contributed by atoms with E-state index in [2.05, 4.69) is 111 Å². The first-order valence-electron chi connectivity index (χ1n) is 9.81. The largest absolute Gasteiger partial charge is 0.0620 e. The van der Waals surface area contributed by atoms with Gasteiger partial charge < -0.3 is 0 Å². The van der Waals surface area contributed by atoms with Crippen molar-refractivity contribution in [2.75, 3.05) is 0 Å². The first kappa shape index (κ1) is 16.8. The van der Waals surface area contributed by atoms with Gasteiger partial charge in [-0.15, -0.1) is 0 Å². The molecule has 0 saturated heterocycles. The summed E-state index contributed by atoms with van der Waals surface area (Å²) in [5.41, 5.74) is 7.89. The van der Waals surface area contributed by atoms with Crippen molar-refractivity contribution in [3.05, 3.63) is 108 Å². The molecule has 0 amide bonds. The number of hydrogen-bond acceptors (Lipinski definition) is 0. The van der Waals surface area contributed by atoms with E-state index in [1.54, 1.807) is 0 Å². The molecule has 5 aromatic carbocycles. The molecule has 0 heterocycles. The van der Waals surface area contributed by atoms with E-state index in [4.69, 9.17) is 0 Å². The average molecular weight is 358 g/mol. The van der Waals surface area contributed by atoms with E-state index in [-0.39, 0.29) is 0 Å². The van der Waals surface area contributed by atoms with Gasteiger partial charge >= 0.3 is 0 Å². The molecule has 0 spiro atoms. The van der Waals surface area contributed by atoms with Gasteiger partial charge in [-0.25, -0.2) is 0 Å². The van der Waals surface area contributed by atoms with Gasteiger partial charge in [-0.3, -0.25) is 0 Å². The molecule has 0 saturated carbocycles. The molecular formula is C28H22. The van der Waals surface area contributed by atoms with E-state index >= 15 is 0 Å². The first-order chi connectivity index (χ1) is 13.8. The van der Waals surface area contributed by atoms with E-state index in [1.807, 2.05) is 0 Å². The summed E-state index contributed by atoms with van der Waals surface area (Å²) >= 11 is 0. The smallest absolute Gasteiger partial charge is 0.00176 e. The van der Waals surface area contributed by atoms with Crippen LogP contribution in [-0.4, -0.2) is 0 Å². The van der Waals surface area contributed by atoms with Crippen LogP contribution in [-0.2, 0) is 0 Å². The maximum Gasteiger partial charge on any atom is -0.00176 e. The Balaban J connectivity index is 2.09. The summed E-state index contributed by atoms with van der Waals surface area (Å²) in [4.78, 5) is 0. The predicted molar refractivity (Wildman–Crippen MR) is 122 cm³/mol. The summed E-state index contributed by atoms with van der Waals surface area (Å²) in [6.45, 7) is 4.42. The van der Waals surface area contributed by atoms with Crippen LogP contribution in [0.25, 0.3) is 43.8 Å². The summed E-state index contributed by atoms with van der Waals surface area (Å²) in [6.07, 6.45) is 0. The van der Waals surface area contributed by atoms with Crippen molar-refractivity contribution in [3.63, 3.8) is 0 Å². The lowest BCUT2D eigenvalue weighted by Gasteiger charge is -2.20. The van der Waals surface area contributed by atoms with Gasteiger partial charge in [-0.2, -0.15) is 0 Å². The fourth-order valence-corrected chi connectivity index (χ4v) is 4.41. The van der Waals surface area contributed by atoms with Crippen LogP contribution in [0, 0.1) is 13.8 Å². The maximum atomic E-state index is 2.27. The first-order valence-corrected chi connectivity index (χ1v) is 9.81. The van der Waals surface area contributed by atoms with Crippen LogP contribution >= 0.6 is 0 Å². The van der Waals surface area contributed by atoms with Gasteiger partial charge in [0.05, 0.1) is 0 Å². The minimum Gasteiger partial charge on any atom is -0.0620 e. The highest BCUT2D eigenvalue weighted by Crippen LogP contribution is 2.45. The van der Waals surface area contributed by atoms with Crippen molar-refractivity contribution in [1.29, 1.82) is 0 Å². The predicted octanol–water partition coefficient (Wildman–Crippen LogP) is 7.94. The van der Waals surface area contributed by atoms with Gasteiger partial charge in [0.15, 0.2) is 0 Å². The quantitative estimate of drug-likeness (QED) is 0.281.